The number of benzene rings is 2. The standard InChI is InChI=1S/C27H31F3N4O2/c1-35-23-15-21-22(16-24(23)36-20-7-3-4-8-20)32-26(33-25(21)34-13-5-2-6-14-34)31-17-18-9-11-19(12-10-18)27(28,29)30/h9-12,15-16,20H,2-8,13-14,17H2,1H3,(H,31,32,33). The third kappa shape index (κ3) is 5.44. The molecule has 1 N–H and O–H groups in total. The van der Waals surface area contributed by atoms with Crippen molar-refractivity contribution in [3.05, 3.63) is 47.5 Å². The van der Waals surface area contributed by atoms with Gasteiger partial charge in [-0.3, -0.25) is 0 Å². The Kier molecular flexibility index (Phi) is 7.07. The summed E-state index contributed by atoms with van der Waals surface area (Å²) in [5.74, 6) is 2.61. The Morgan fingerprint density at radius 2 is 1.67 bits per heavy atom. The van der Waals surface area contributed by atoms with Gasteiger partial charge >= 0.3 is 6.18 Å². The van der Waals surface area contributed by atoms with Gasteiger partial charge in [-0.15, -0.1) is 0 Å². The molecule has 0 spiro atoms. The molecule has 36 heavy (non-hydrogen) atoms. The zero-order chi connectivity index (χ0) is 25.1. The molecule has 2 aromatic carbocycles. The van der Waals surface area contributed by atoms with Crippen molar-refractivity contribution in [2.24, 2.45) is 0 Å². The third-order valence-electron chi connectivity index (χ3n) is 6.94. The smallest absolute Gasteiger partial charge is 0.416 e. The maximum absolute atomic E-state index is 12.9. The number of ether oxygens (including phenoxy) is 2. The molecule has 6 nitrogen and oxygen atoms in total. The zero-order valence-corrected chi connectivity index (χ0v) is 20.4. The normalized spacial score (nSPS) is 16.9. The van der Waals surface area contributed by atoms with E-state index in [0.717, 1.165) is 67.6 Å². The van der Waals surface area contributed by atoms with E-state index in [-0.39, 0.29) is 6.10 Å². The lowest BCUT2D eigenvalue weighted by molar-refractivity contribution is -0.137. The van der Waals surface area contributed by atoms with Crippen LogP contribution in [0.2, 0.25) is 0 Å². The summed E-state index contributed by atoms with van der Waals surface area (Å²) < 4.78 is 50.7. The summed E-state index contributed by atoms with van der Waals surface area (Å²) in [5.41, 5.74) is 0.796. The van der Waals surface area contributed by atoms with Crippen LogP contribution in [0.1, 0.15) is 56.1 Å². The fourth-order valence-corrected chi connectivity index (χ4v) is 4.98. The van der Waals surface area contributed by atoms with Crippen LogP contribution in [0.5, 0.6) is 11.5 Å². The van der Waals surface area contributed by atoms with Crippen molar-refractivity contribution in [1.29, 1.82) is 0 Å². The Morgan fingerprint density at radius 3 is 2.33 bits per heavy atom. The Morgan fingerprint density at radius 1 is 0.944 bits per heavy atom. The van der Waals surface area contributed by atoms with Gasteiger partial charge in [-0.25, -0.2) is 4.98 Å². The lowest BCUT2D eigenvalue weighted by atomic mass is 10.1. The number of nitrogens with zero attached hydrogens (tertiary/aromatic N) is 3. The van der Waals surface area contributed by atoms with E-state index < -0.39 is 11.7 Å². The van der Waals surface area contributed by atoms with E-state index in [1.165, 1.54) is 31.4 Å². The molecule has 0 atom stereocenters. The van der Waals surface area contributed by atoms with Crippen LogP contribution in [0.4, 0.5) is 24.9 Å². The van der Waals surface area contributed by atoms with Crippen molar-refractivity contribution < 1.29 is 22.6 Å². The summed E-state index contributed by atoms with van der Waals surface area (Å²) in [6, 6.07) is 9.02. The lowest BCUT2D eigenvalue weighted by Crippen LogP contribution is -2.30. The van der Waals surface area contributed by atoms with Crippen LogP contribution in [-0.4, -0.2) is 36.3 Å². The van der Waals surface area contributed by atoms with E-state index in [1.807, 2.05) is 12.1 Å². The highest BCUT2D eigenvalue weighted by atomic mass is 19.4. The number of hydrogen-bond acceptors (Lipinski definition) is 6. The second kappa shape index (κ2) is 10.4. The lowest BCUT2D eigenvalue weighted by Gasteiger charge is -2.29. The summed E-state index contributed by atoms with van der Waals surface area (Å²) >= 11 is 0. The van der Waals surface area contributed by atoms with Gasteiger partial charge in [0.25, 0.3) is 0 Å². The monoisotopic (exact) mass is 500 g/mol. The number of nitrogens with one attached hydrogen (secondary N) is 1. The van der Waals surface area contributed by atoms with Gasteiger partial charge in [0, 0.05) is 31.1 Å². The molecule has 2 heterocycles. The van der Waals surface area contributed by atoms with Crippen LogP contribution in [0.3, 0.4) is 0 Å². The predicted octanol–water partition coefficient (Wildman–Crippen LogP) is 6.58. The zero-order valence-electron chi connectivity index (χ0n) is 20.4. The Hall–Kier alpha value is -3.23. The molecule has 0 unspecified atom stereocenters. The van der Waals surface area contributed by atoms with Gasteiger partial charge in [-0.1, -0.05) is 12.1 Å². The van der Waals surface area contributed by atoms with Crippen molar-refractivity contribution in [1.82, 2.24) is 9.97 Å². The summed E-state index contributed by atoms with van der Waals surface area (Å²) in [6.07, 6.45) is 3.61. The van der Waals surface area contributed by atoms with E-state index in [2.05, 4.69) is 10.2 Å². The van der Waals surface area contributed by atoms with E-state index in [9.17, 15) is 13.2 Å². The molecule has 0 amide bonds. The van der Waals surface area contributed by atoms with Crippen LogP contribution in [-0.2, 0) is 12.7 Å². The highest BCUT2D eigenvalue weighted by Crippen LogP contribution is 2.38. The van der Waals surface area contributed by atoms with Gasteiger partial charge in [0.1, 0.15) is 5.82 Å². The van der Waals surface area contributed by atoms with E-state index in [0.29, 0.717) is 29.6 Å². The second-order valence-electron chi connectivity index (χ2n) is 9.51. The minimum Gasteiger partial charge on any atom is -0.493 e. The van der Waals surface area contributed by atoms with Gasteiger partial charge < -0.3 is 19.7 Å². The number of halogens is 3. The van der Waals surface area contributed by atoms with E-state index in [1.54, 1.807) is 7.11 Å². The first-order valence-electron chi connectivity index (χ1n) is 12.6. The average molecular weight is 501 g/mol. The molecule has 1 aliphatic heterocycles. The number of hydrogen-bond donors (Lipinski definition) is 1. The Labute approximate surface area is 208 Å². The molecule has 5 rings (SSSR count). The first-order chi connectivity index (χ1) is 17.4. The highest BCUT2D eigenvalue weighted by molar-refractivity contribution is 5.93. The number of methoxy groups -OCH3 is 1. The summed E-state index contributed by atoms with van der Waals surface area (Å²) in [4.78, 5) is 11.9. The van der Waals surface area contributed by atoms with Crippen molar-refractivity contribution >= 4 is 22.7 Å². The quantitative estimate of drug-likeness (QED) is 0.395. The van der Waals surface area contributed by atoms with Crippen LogP contribution >= 0.6 is 0 Å². The Balaban J connectivity index is 1.46. The molecule has 2 fully saturated rings. The predicted molar refractivity (Wildman–Crippen MR) is 134 cm³/mol. The van der Waals surface area contributed by atoms with Crippen molar-refractivity contribution in [3.63, 3.8) is 0 Å². The number of aromatic nitrogens is 2. The minimum atomic E-state index is -4.35. The molecule has 1 aliphatic carbocycles. The number of anilines is 2. The molecule has 2 aliphatic rings. The molecule has 1 aromatic heterocycles. The molecule has 192 valence electrons. The first kappa shape index (κ1) is 24.5. The number of alkyl halides is 3. The number of fused-ring (bicyclic) bond motifs is 1. The molecule has 1 saturated carbocycles. The van der Waals surface area contributed by atoms with Crippen molar-refractivity contribution in [2.45, 2.75) is 63.8 Å². The van der Waals surface area contributed by atoms with Crippen LogP contribution in [0, 0.1) is 0 Å². The molecule has 0 radical (unpaired) electrons. The molecule has 9 heteroatoms. The van der Waals surface area contributed by atoms with E-state index >= 15 is 0 Å². The van der Waals surface area contributed by atoms with Gasteiger partial charge in [0.05, 0.1) is 24.3 Å². The Bertz CT molecular complexity index is 1190. The summed E-state index contributed by atoms with van der Waals surface area (Å²) in [5, 5.41) is 4.11. The third-order valence-corrected chi connectivity index (χ3v) is 6.94. The summed E-state index contributed by atoms with van der Waals surface area (Å²) in [7, 11) is 1.64. The highest BCUT2D eigenvalue weighted by Gasteiger charge is 2.30. The maximum Gasteiger partial charge on any atom is 0.416 e. The van der Waals surface area contributed by atoms with E-state index in [4.69, 9.17) is 19.4 Å². The van der Waals surface area contributed by atoms with Crippen molar-refractivity contribution in [2.75, 3.05) is 30.4 Å². The largest absolute Gasteiger partial charge is 0.493 e. The van der Waals surface area contributed by atoms with Gasteiger partial charge in [-0.2, -0.15) is 18.2 Å². The van der Waals surface area contributed by atoms with Crippen LogP contribution in [0.15, 0.2) is 36.4 Å². The molecule has 3 aromatic rings. The van der Waals surface area contributed by atoms with Gasteiger partial charge in [-0.05, 0) is 68.7 Å². The van der Waals surface area contributed by atoms with Crippen LogP contribution < -0.4 is 19.7 Å². The van der Waals surface area contributed by atoms with Crippen LogP contribution in [0.25, 0.3) is 10.9 Å². The SMILES string of the molecule is COc1cc2c(N3CCCCC3)nc(NCc3ccc(C(F)(F)F)cc3)nc2cc1OC1CCCC1. The fourth-order valence-electron chi connectivity index (χ4n) is 4.98. The molecule has 0 bridgehead atoms. The average Bonchev–Trinajstić information content (AvgIpc) is 3.40. The van der Waals surface area contributed by atoms with Gasteiger partial charge in [0.15, 0.2) is 11.5 Å². The van der Waals surface area contributed by atoms with Gasteiger partial charge in [0.2, 0.25) is 5.95 Å². The molecule has 1 saturated heterocycles. The topological polar surface area (TPSA) is 59.5 Å². The number of piperidine rings is 1. The first-order valence-corrected chi connectivity index (χ1v) is 12.6. The molecular formula is C27H31F3N4O2. The summed E-state index contributed by atoms with van der Waals surface area (Å²) in [6.45, 7) is 2.13. The number of rotatable bonds is 7. The maximum atomic E-state index is 12.9. The second-order valence-corrected chi connectivity index (χ2v) is 9.51. The fraction of sp³-hybridized carbons (Fsp3) is 0.481. The van der Waals surface area contributed by atoms with Crippen molar-refractivity contribution in [3.8, 4) is 11.5 Å². The molecular weight excluding hydrogens is 469 g/mol. The minimum absolute atomic E-state index is 0.178.